The Morgan fingerprint density at radius 1 is 1.05 bits per heavy atom. The van der Waals surface area contributed by atoms with E-state index < -0.39 is 29.4 Å². The van der Waals surface area contributed by atoms with Crippen LogP contribution in [0.25, 0.3) is 0 Å². The van der Waals surface area contributed by atoms with E-state index in [4.69, 9.17) is 4.74 Å². The molecule has 1 aliphatic carbocycles. The Morgan fingerprint density at radius 3 is 2.49 bits per heavy atom. The van der Waals surface area contributed by atoms with Gasteiger partial charge in [0.25, 0.3) is 0 Å². The quantitative estimate of drug-likeness (QED) is 0.135. The van der Waals surface area contributed by atoms with Gasteiger partial charge in [0.05, 0.1) is 15.7 Å². The lowest BCUT2D eigenvalue weighted by Gasteiger charge is -2.28. The first kappa shape index (κ1) is 29.0. The van der Waals surface area contributed by atoms with Crippen molar-refractivity contribution in [3.8, 4) is 11.5 Å². The average molecular weight is 567 g/mol. The van der Waals surface area contributed by atoms with Crippen LogP contribution in [-0.2, 0) is 9.53 Å². The van der Waals surface area contributed by atoms with Gasteiger partial charge in [-0.3, -0.25) is 14.4 Å². The second-order valence-corrected chi connectivity index (χ2v) is 13.0. The molecule has 1 aliphatic heterocycles. The molecule has 1 fully saturated rings. The second-order valence-electron chi connectivity index (χ2n) is 10.0. The van der Waals surface area contributed by atoms with E-state index in [0.717, 1.165) is 36.7 Å². The number of rotatable bonds is 10. The summed E-state index contributed by atoms with van der Waals surface area (Å²) in [6.45, 7) is 3.79. The molecule has 0 radical (unpaired) electrons. The topological polar surface area (TPSA) is 101 Å². The number of phenolic OH excluding ortho intramolecular Hbond substituents is 2. The van der Waals surface area contributed by atoms with E-state index in [2.05, 4.69) is 24.3 Å². The normalized spacial score (nSPS) is 19.6. The fourth-order valence-corrected chi connectivity index (χ4v) is 8.18. The van der Waals surface area contributed by atoms with E-state index in [1.54, 1.807) is 0 Å². The number of hydrogen-bond donors (Lipinski definition) is 2. The molecule has 3 atom stereocenters. The van der Waals surface area contributed by atoms with Crippen molar-refractivity contribution in [1.82, 2.24) is 0 Å². The lowest BCUT2D eigenvalue weighted by molar-refractivity contribution is -0.147. The Labute approximate surface area is 237 Å². The van der Waals surface area contributed by atoms with Gasteiger partial charge < -0.3 is 14.9 Å². The molecule has 1 heterocycles. The number of thioether (sulfide) groups is 2. The third-order valence-corrected chi connectivity index (χ3v) is 9.96. The fourth-order valence-electron chi connectivity index (χ4n) is 4.75. The molecular formula is C31H34O6S2. The minimum absolute atomic E-state index is 0.00214. The van der Waals surface area contributed by atoms with Gasteiger partial charge in [-0.05, 0) is 62.6 Å². The van der Waals surface area contributed by atoms with Gasteiger partial charge >= 0.3 is 5.97 Å². The van der Waals surface area contributed by atoms with Crippen molar-refractivity contribution in [2.45, 2.75) is 68.3 Å². The van der Waals surface area contributed by atoms with Crippen LogP contribution in [0, 0.1) is 0 Å². The summed E-state index contributed by atoms with van der Waals surface area (Å²) in [5.74, 6) is -1.31. The van der Waals surface area contributed by atoms with E-state index >= 15 is 0 Å². The SMILES string of the molecule is CC(C)=CC[C@@H](OC(=O)CCCC[C@@H]1CCSC(c2ccccc2)S1)C1=CC(=O)c2c(O)ccc(O)c2C1=O. The number of benzene rings is 2. The first-order chi connectivity index (χ1) is 18.7. The zero-order valence-corrected chi connectivity index (χ0v) is 23.9. The number of ether oxygens (including phenoxy) is 1. The largest absolute Gasteiger partial charge is 0.507 e. The molecule has 4 rings (SSSR count). The number of allylic oxidation sites excluding steroid dienone is 2. The van der Waals surface area contributed by atoms with Crippen LogP contribution in [0.1, 0.15) is 83.2 Å². The number of Topliss-reactive ketones (excluding diaryl/α,β-unsaturated/α-hetero) is 1. The maximum absolute atomic E-state index is 13.3. The van der Waals surface area contributed by atoms with Crippen molar-refractivity contribution in [2.75, 3.05) is 5.75 Å². The van der Waals surface area contributed by atoms with E-state index in [-0.39, 0.29) is 35.3 Å². The molecule has 0 saturated carbocycles. The van der Waals surface area contributed by atoms with Crippen molar-refractivity contribution in [3.63, 3.8) is 0 Å². The summed E-state index contributed by atoms with van der Waals surface area (Å²) in [4.78, 5) is 38.8. The Kier molecular flexibility index (Phi) is 9.97. The first-order valence-electron chi connectivity index (χ1n) is 13.2. The molecule has 2 N–H and O–H groups in total. The van der Waals surface area contributed by atoms with Gasteiger partial charge in [0, 0.05) is 23.7 Å². The number of phenols is 2. The van der Waals surface area contributed by atoms with Crippen LogP contribution < -0.4 is 0 Å². The summed E-state index contributed by atoms with van der Waals surface area (Å²) in [6.07, 6.45) is 6.20. The Balaban J connectivity index is 1.34. The number of carbonyl (C=O) groups excluding carboxylic acids is 3. The van der Waals surface area contributed by atoms with Gasteiger partial charge in [-0.15, -0.1) is 23.5 Å². The molecular weight excluding hydrogens is 532 g/mol. The standard InChI is InChI=1S/C31H34O6S2/c1-19(2)12-15-26(22-18-25(34)28-23(32)13-14-24(33)29(28)30(22)36)37-27(35)11-7-6-10-21-16-17-38-31(39-21)20-8-4-3-5-9-20/h3-5,8-9,12-14,18,21,26,31-33H,6-7,10-11,15-17H2,1-2H3/t21-,26-,31?/m1/s1. The van der Waals surface area contributed by atoms with Crippen molar-refractivity contribution < 1.29 is 29.3 Å². The smallest absolute Gasteiger partial charge is 0.306 e. The molecule has 1 unspecified atom stereocenters. The molecule has 2 aromatic carbocycles. The minimum atomic E-state index is -0.962. The van der Waals surface area contributed by atoms with E-state index in [1.807, 2.05) is 49.5 Å². The number of carbonyl (C=O) groups is 3. The molecule has 1 saturated heterocycles. The van der Waals surface area contributed by atoms with Crippen molar-refractivity contribution in [2.24, 2.45) is 0 Å². The molecule has 6 nitrogen and oxygen atoms in total. The molecule has 0 aromatic heterocycles. The predicted octanol–water partition coefficient (Wildman–Crippen LogP) is 7.17. The Hall–Kier alpha value is -2.97. The van der Waals surface area contributed by atoms with Crippen LogP contribution in [0.4, 0.5) is 0 Å². The Morgan fingerprint density at radius 2 is 1.77 bits per heavy atom. The van der Waals surface area contributed by atoms with Crippen LogP contribution in [0.2, 0.25) is 0 Å². The lowest BCUT2D eigenvalue weighted by Crippen LogP contribution is -2.29. The van der Waals surface area contributed by atoms with Gasteiger partial charge in [-0.25, -0.2) is 0 Å². The van der Waals surface area contributed by atoms with Crippen LogP contribution in [0.5, 0.6) is 11.5 Å². The van der Waals surface area contributed by atoms with E-state index in [9.17, 15) is 24.6 Å². The fraction of sp³-hybridized carbons (Fsp3) is 0.387. The second kappa shape index (κ2) is 13.4. The molecule has 8 heteroatoms. The number of aromatic hydroxyl groups is 2. The Bertz CT molecular complexity index is 1280. The number of hydrogen-bond acceptors (Lipinski definition) is 8. The van der Waals surface area contributed by atoms with Crippen molar-refractivity contribution in [3.05, 3.63) is 82.5 Å². The van der Waals surface area contributed by atoms with Gasteiger partial charge in [-0.2, -0.15) is 0 Å². The van der Waals surface area contributed by atoms with Crippen LogP contribution >= 0.6 is 23.5 Å². The predicted molar refractivity (Wildman–Crippen MR) is 157 cm³/mol. The molecule has 0 bridgehead atoms. The molecule has 0 amide bonds. The molecule has 206 valence electrons. The number of esters is 1. The number of ketones is 2. The van der Waals surface area contributed by atoms with Crippen molar-refractivity contribution in [1.29, 1.82) is 0 Å². The van der Waals surface area contributed by atoms with Gasteiger partial charge in [0.1, 0.15) is 17.6 Å². The highest BCUT2D eigenvalue weighted by molar-refractivity contribution is 8.17. The zero-order valence-electron chi connectivity index (χ0n) is 22.2. The van der Waals surface area contributed by atoms with E-state index in [1.165, 1.54) is 17.7 Å². The molecule has 2 aliphatic rings. The summed E-state index contributed by atoms with van der Waals surface area (Å²) in [5, 5.41) is 20.9. The molecule has 39 heavy (non-hydrogen) atoms. The lowest BCUT2D eigenvalue weighted by atomic mass is 9.85. The van der Waals surface area contributed by atoms with Crippen LogP contribution in [0.3, 0.4) is 0 Å². The highest BCUT2D eigenvalue weighted by Gasteiger charge is 2.35. The first-order valence-corrected chi connectivity index (χ1v) is 15.2. The number of fused-ring (bicyclic) bond motifs is 1. The number of unbranched alkanes of at least 4 members (excludes halogenated alkanes) is 1. The maximum atomic E-state index is 13.3. The van der Waals surface area contributed by atoms with Gasteiger partial charge in [0.2, 0.25) is 0 Å². The highest BCUT2D eigenvalue weighted by Crippen LogP contribution is 2.48. The summed E-state index contributed by atoms with van der Waals surface area (Å²) in [6, 6.07) is 12.9. The summed E-state index contributed by atoms with van der Waals surface area (Å²) < 4.78 is 6.18. The maximum Gasteiger partial charge on any atom is 0.306 e. The van der Waals surface area contributed by atoms with Crippen molar-refractivity contribution >= 4 is 41.1 Å². The third-order valence-electron chi connectivity index (χ3n) is 6.80. The minimum Gasteiger partial charge on any atom is -0.507 e. The summed E-state index contributed by atoms with van der Waals surface area (Å²) in [7, 11) is 0. The molecule has 2 aromatic rings. The summed E-state index contributed by atoms with van der Waals surface area (Å²) >= 11 is 3.99. The third kappa shape index (κ3) is 7.37. The zero-order chi connectivity index (χ0) is 27.9. The van der Waals surface area contributed by atoms with Gasteiger partial charge in [-0.1, -0.05) is 48.4 Å². The monoisotopic (exact) mass is 566 g/mol. The average Bonchev–Trinajstić information content (AvgIpc) is 2.93. The highest BCUT2D eigenvalue weighted by atomic mass is 32.2. The van der Waals surface area contributed by atoms with Crippen LogP contribution in [0.15, 0.2) is 65.8 Å². The van der Waals surface area contributed by atoms with Gasteiger partial charge in [0.15, 0.2) is 11.6 Å². The van der Waals surface area contributed by atoms with Crippen LogP contribution in [-0.4, -0.2) is 44.9 Å². The summed E-state index contributed by atoms with van der Waals surface area (Å²) in [5.41, 5.74) is 1.84. The molecule has 0 spiro atoms. The van der Waals surface area contributed by atoms with E-state index in [0.29, 0.717) is 16.3 Å².